The number of hydrogen-bond donors (Lipinski definition) is 1. The number of carbonyl (C=O) groups is 1. The SMILES string of the molecule is Cc1cccc(Nc2ccccc2C(=O)N2CCC3(CC2)OCCO3)c1C. The molecule has 2 aromatic carbocycles. The van der Waals surface area contributed by atoms with Gasteiger partial charge in [-0.1, -0.05) is 24.3 Å². The molecule has 0 aliphatic carbocycles. The molecular formula is C22H26N2O3. The molecule has 1 amide bonds. The fourth-order valence-corrected chi connectivity index (χ4v) is 3.82. The number of ether oxygens (including phenoxy) is 2. The minimum atomic E-state index is -0.465. The standard InChI is InChI=1S/C22H26N2O3/c1-16-6-5-9-19(17(16)2)23-20-8-4-3-7-18(20)21(25)24-12-10-22(11-13-24)26-14-15-27-22/h3-9,23H,10-15H2,1-2H3. The summed E-state index contributed by atoms with van der Waals surface area (Å²) in [6.45, 7) is 6.78. The molecule has 2 aliphatic heterocycles. The lowest BCUT2D eigenvalue weighted by molar-refractivity contribution is -0.181. The highest BCUT2D eigenvalue weighted by Gasteiger charge is 2.41. The van der Waals surface area contributed by atoms with Crippen LogP contribution < -0.4 is 5.32 Å². The third-order valence-electron chi connectivity index (χ3n) is 5.66. The highest BCUT2D eigenvalue weighted by atomic mass is 16.7. The number of aryl methyl sites for hydroxylation is 1. The monoisotopic (exact) mass is 366 g/mol. The van der Waals surface area contributed by atoms with E-state index in [9.17, 15) is 4.79 Å². The molecule has 1 N–H and O–H groups in total. The Labute approximate surface area is 160 Å². The lowest BCUT2D eigenvalue weighted by atomic mass is 10.0. The number of nitrogens with one attached hydrogen (secondary N) is 1. The topological polar surface area (TPSA) is 50.8 Å². The Hall–Kier alpha value is -2.37. The molecule has 2 saturated heterocycles. The summed E-state index contributed by atoms with van der Waals surface area (Å²) in [5, 5.41) is 3.45. The Morgan fingerprint density at radius 3 is 2.37 bits per heavy atom. The van der Waals surface area contributed by atoms with E-state index < -0.39 is 5.79 Å². The van der Waals surface area contributed by atoms with Gasteiger partial charge in [0.05, 0.1) is 24.5 Å². The van der Waals surface area contributed by atoms with Crippen LogP contribution >= 0.6 is 0 Å². The molecule has 2 aromatic rings. The number of anilines is 2. The average Bonchev–Trinajstić information content (AvgIpc) is 3.14. The molecule has 5 nitrogen and oxygen atoms in total. The number of amides is 1. The third-order valence-corrected chi connectivity index (χ3v) is 5.66. The zero-order chi connectivity index (χ0) is 18.9. The van der Waals surface area contributed by atoms with Gasteiger partial charge in [0.25, 0.3) is 5.91 Å². The molecule has 2 aliphatic rings. The van der Waals surface area contributed by atoms with Gasteiger partial charge in [0.15, 0.2) is 5.79 Å². The Morgan fingerprint density at radius 1 is 0.963 bits per heavy atom. The fraction of sp³-hybridized carbons (Fsp3) is 0.409. The predicted octanol–water partition coefficient (Wildman–Crippen LogP) is 4.03. The average molecular weight is 366 g/mol. The van der Waals surface area contributed by atoms with Gasteiger partial charge in [-0.2, -0.15) is 0 Å². The molecule has 142 valence electrons. The van der Waals surface area contributed by atoms with Crippen molar-refractivity contribution in [1.82, 2.24) is 4.90 Å². The minimum absolute atomic E-state index is 0.0521. The smallest absolute Gasteiger partial charge is 0.255 e. The fourth-order valence-electron chi connectivity index (χ4n) is 3.82. The number of piperidine rings is 1. The molecule has 0 bridgehead atoms. The first-order valence-corrected chi connectivity index (χ1v) is 9.57. The predicted molar refractivity (Wildman–Crippen MR) is 105 cm³/mol. The zero-order valence-electron chi connectivity index (χ0n) is 16.0. The highest BCUT2D eigenvalue weighted by molar-refractivity contribution is 6.00. The summed E-state index contributed by atoms with van der Waals surface area (Å²) < 4.78 is 11.5. The molecule has 0 unspecified atom stereocenters. The maximum Gasteiger partial charge on any atom is 0.255 e. The molecular weight excluding hydrogens is 340 g/mol. The van der Waals surface area contributed by atoms with Crippen molar-refractivity contribution < 1.29 is 14.3 Å². The van der Waals surface area contributed by atoms with Gasteiger partial charge >= 0.3 is 0 Å². The highest BCUT2D eigenvalue weighted by Crippen LogP contribution is 2.33. The number of benzene rings is 2. The first-order valence-electron chi connectivity index (χ1n) is 9.57. The maximum absolute atomic E-state index is 13.2. The number of likely N-dealkylation sites (tertiary alicyclic amines) is 1. The Kier molecular flexibility index (Phi) is 4.89. The quantitative estimate of drug-likeness (QED) is 0.891. The molecule has 2 fully saturated rings. The summed E-state index contributed by atoms with van der Waals surface area (Å²) in [7, 11) is 0. The van der Waals surface area contributed by atoms with Crippen LogP contribution in [0.3, 0.4) is 0 Å². The molecule has 27 heavy (non-hydrogen) atoms. The van der Waals surface area contributed by atoms with Crippen molar-refractivity contribution in [2.24, 2.45) is 0 Å². The van der Waals surface area contributed by atoms with Crippen LogP contribution in [0.1, 0.15) is 34.3 Å². The van der Waals surface area contributed by atoms with E-state index in [2.05, 4.69) is 25.2 Å². The van der Waals surface area contributed by atoms with Crippen LogP contribution in [-0.4, -0.2) is 42.9 Å². The lowest BCUT2D eigenvalue weighted by Gasteiger charge is -2.37. The minimum Gasteiger partial charge on any atom is -0.355 e. The van der Waals surface area contributed by atoms with E-state index in [1.807, 2.05) is 41.3 Å². The van der Waals surface area contributed by atoms with Crippen molar-refractivity contribution in [3.05, 3.63) is 59.2 Å². The number of rotatable bonds is 3. The number of nitrogens with zero attached hydrogens (tertiary/aromatic N) is 1. The molecule has 0 aromatic heterocycles. The Bertz CT molecular complexity index is 833. The van der Waals surface area contributed by atoms with Gasteiger partial charge in [-0.25, -0.2) is 0 Å². The van der Waals surface area contributed by atoms with E-state index >= 15 is 0 Å². The van der Waals surface area contributed by atoms with Gasteiger partial charge in [-0.05, 0) is 43.2 Å². The summed E-state index contributed by atoms with van der Waals surface area (Å²) >= 11 is 0. The van der Waals surface area contributed by atoms with E-state index in [1.165, 1.54) is 11.1 Å². The number of para-hydroxylation sites is 1. The maximum atomic E-state index is 13.2. The number of hydrogen-bond acceptors (Lipinski definition) is 4. The van der Waals surface area contributed by atoms with Gasteiger partial charge in [-0.15, -0.1) is 0 Å². The summed E-state index contributed by atoms with van der Waals surface area (Å²) in [5.41, 5.74) is 4.98. The second-order valence-corrected chi connectivity index (χ2v) is 7.32. The van der Waals surface area contributed by atoms with E-state index in [4.69, 9.17) is 9.47 Å². The first kappa shape index (κ1) is 18.0. The van der Waals surface area contributed by atoms with Crippen molar-refractivity contribution in [1.29, 1.82) is 0 Å². The van der Waals surface area contributed by atoms with Crippen molar-refractivity contribution in [2.45, 2.75) is 32.5 Å². The summed E-state index contributed by atoms with van der Waals surface area (Å²) in [5.74, 6) is -0.413. The zero-order valence-corrected chi connectivity index (χ0v) is 16.0. The van der Waals surface area contributed by atoms with Gasteiger partial charge < -0.3 is 19.7 Å². The van der Waals surface area contributed by atoms with E-state index in [0.29, 0.717) is 31.9 Å². The van der Waals surface area contributed by atoms with Crippen LogP contribution in [0, 0.1) is 13.8 Å². The van der Waals surface area contributed by atoms with Gasteiger partial charge in [0, 0.05) is 31.6 Å². The number of carbonyl (C=O) groups excluding carboxylic acids is 1. The van der Waals surface area contributed by atoms with E-state index in [0.717, 1.165) is 24.2 Å². The summed E-state index contributed by atoms with van der Waals surface area (Å²) in [6, 6.07) is 13.9. The molecule has 2 heterocycles. The van der Waals surface area contributed by atoms with Crippen LogP contribution in [0.4, 0.5) is 11.4 Å². The molecule has 1 spiro atoms. The molecule has 0 atom stereocenters. The van der Waals surface area contributed by atoms with E-state index in [1.54, 1.807) is 0 Å². The van der Waals surface area contributed by atoms with Crippen molar-refractivity contribution in [3.63, 3.8) is 0 Å². The molecule has 4 rings (SSSR count). The second kappa shape index (κ2) is 7.33. The van der Waals surface area contributed by atoms with E-state index in [-0.39, 0.29) is 5.91 Å². The van der Waals surface area contributed by atoms with Gasteiger partial charge in [-0.3, -0.25) is 4.79 Å². The van der Waals surface area contributed by atoms with Crippen molar-refractivity contribution in [2.75, 3.05) is 31.6 Å². The summed E-state index contributed by atoms with van der Waals surface area (Å²) in [6.07, 6.45) is 1.46. The van der Waals surface area contributed by atoms with Crippen LogP contribution in [0.2, 0.25) is 0 Å². The van der Waals surface area contributed by atoms with Gasteiger partial charge in [0.2, 0.25) is 0 Å². The molecule has 0 radical (unpaired) electrons. The lowest BCUT2D eigenvalue weighted by Crippen LogP contribution is -2.47. The van der Waals surface area contributed by atoms with Crippen LogP contribution in [-0.2, 0) is 9.47 Å². The van der Waals surface area contributed by atoms with Gasteiger partial charge in [0.1, 0.15) is 0 Å². The molecule has 0 saturated carbocycles. The first-order chi connectivity index (χ1) is 13.1. The second-order valence-electron chi connectivity index (χ2n) is 7.32. The van der Waals surface area contributed by atoms with Crippen LogP contribution in [0.25, 0.3) is 0 Å². The summed E-state index contributed by atoms with van der Waals surface area (Å²) in [4.78, 5) is 15.1. The Morgan fingerprint density at radius 2 is 1.63 bits per heavy atom. The molecule has 5 heteroatoms. The van der Waals surface area contributed by atoms with Crippen LogP contribution in [0.15, 0.2) is 42.5 Å². The van der Waals surface area contributed by atoms with Crippen molar-refractivity contribution in [3.8, 4) is 0 Å². The van der Waals surface area contributed by atoms with Crippen LogP contribution in [0.5, 0.6) is 0 Å². The third kappa shape index (κ3) is 3.57. The largest absolute Gasteiger partial charge is 0.355 e. The Balaban J connectivity index is 1.52. The normalized spacial score (nSPS) is 18.7. The van der Waals surface area contributed by atoms with Crippen molar-refractivity contribution >= 4 is 17.3 Å².